The topological polar surface area (TPSA) is 82.2 Å². The number of hydrogen-bond acceptors (Lipinski definition) is 3. The van der Waals surface area contributed by atoms with Crippen LogP contribution in [0.15, 0.2) is 47.4 Å². The molecule has 1 aromatic heterocycles. The van der Waals surface area contributed by atoms with Crippen LogP contribution in [0.5, 0.6) is 0 Å². The van der Waals surface area contributed by atoms with Crippen LogP contribution in [0.4, 0.5) is 5.69 Å². The second-order valence-corrected chi connectivity index (χ2v) is 5.27. The number of pyridine rings is 1. The van der Waals surface area contributed by atoms with E-state index in [1.165, 1.54) is 6.20 Å². The lowest BCUT2D eigenvalue weighted by Gasteiger charge is -2.23. The SMILES string of the molecule is Cc1cc(NC(=O)CC(C)(O)c2ccccc2)c[nH]c1=O. The number of carbonyl (C=O) groups excluding carboxylic acids is 1. The lowest BCUT2D eigenvalue weighted by Crippen LogP contribution is -2.28. The molecule has 0 bridgehead atoms. The van der Waals surface area contributed by atoms with Crippen molar-refractivity contribution in [1.29, 1.82) is 0 Å². The van der Waals surface area contributed by atoms with E-state index >= 15 is 0 Å². The molecule has 1 heterocycles. The minimum atomic E-state index is -1.25. The van der Waals surface area contributed by atoms with E-state index in [1.54, 1.807) is 32.0 Å². The lowest BCUT2D eigenvalue weighted by molar-refractivity contribution is -0.120. The van der Waals surface area contributed by atoms with Crippen molar-refractivity contribution in [3.63, 3.8) is 0 Å². The number of aromatic nitrogens is 1. The second kappa shape index (κ2) is 5.93. The second-order valence-electron chi connectivity index (χ2n) is 5.27. The number of aryl methyl sites for hydroxylation is 1. The van der Waals surface area contributed by atoms with Crippen molar-refractivity contribution >= 4 is 11.6 Å². The number of nitrogens with one attached hydrogen (secondary N) is 2. The van der Waals surface area contributed by atoms with Gasteiger partial charge in [-0.3, -0.25) is 9.59 Å². The van der Waals surface area contributed by atoms with Crippen LogP contribution in [0.25, 0.3) is 0 Å². The largest absolute Gasteiger partial charge is 0.385 e. The Labute approximate surface area is 122 Å². The molecular formula is C16H18N2O3. The third-order valence-corrected chi connectivity index (χ3v) is 3.27. The minimum absolute atomic E-state index is 0.0742. The molecule has 0 spiro atoms. The highest BCUT2D eigenvalue weighted by molar-refractivity contribution is 5.91. The van der Waals surface area contributed by atoms with Crippen LogP contribution in [-0.4, -0.2) is 16.0 Å². The molecule has 110 valence electrons. The average Bonchev–Trinajstić information content (AvgIpc) is 2.43. The highest BCUT2D eigenvalue weighted by Gasteiger charge is 2.26. The summed E-state index contributed by atoms with van der Waals surface area (Å²) in [6, 6.07) is 10.6. The van der Waals surface area contributed by atoms with Crippen LogP contribution < -0.4 is 10.9 Å². The molecule has 1 unspecified atom stereocenters. The Bertz CT molecular complexity index is 690. The summed E-state index contributed by atoms with van der Waals surface area (Å²) in [5.41, 5.74) is 0.258. The molecule has 1 amide bonds. The summed E-state index contributed by atoms with van der Waals surface area (Å²) in [5.74, 6) is -0.324. The number of benzene rings is 1. The molecule has 5 heteroatoms. The summed E-state index contributed by atoms with van der Waals surface area (Å²) in [7, 11) is 0. The van der Waals surface area contributed by atoms with E-state index in [4.69, 9.17) is 0 Å². The number of aliphatic hydroxyl groups is 1. The van der Waals surface area contributed by atoms with E-state index in [2.05, 4.69) is 10.3 Å². The fourth-order valence-corrected chi connectivity index (χ4v) is 2.09. The van der Waals surface area contributed by atoms with E-state index in [-0.39, 0.29) is 17.9 Å². The van der Waals surface area contributed by atoms with Gasteiger partial charge in [-0.25, -0.2) is 0 Å². The summed E-state index contributed by atoms with van der Waals surface area (Å²) in [6.07, 6.45) is 1.36. The van der Waals surface area contributed by atoms with Gasteiger partial charge in [0.2, 0.25) is 5.91 Å². The van der Waals surface area contributed by atoms with Crippen LogP contribution in [0.2, 0.25) is 0 Å². The molecule has 3 N–H and O–H groups in total. The fourth-order valence-electron chi connectivity index (χ4n) is 2.09. The highest BCUT2D eigenvalue weighted by atomic mass is 16.3. The summed E-state index contributed by atoms with van der Waals surface area (Å²) < 4.78 is 0. The molecule has 2 aromatic rings. The quantitative estimate of drug-likeness (QED) is 0.803. The van der Waals surface area contributed by atoms with Crippen molar-refractivity contribution in [2.24, 2.45) is 0 Å². The molecule has 0 radical (unpaired) electrons. The maximum atomic E-state index is 12.0. The first kappa shape index (κ1) is 15.0. The van der Waals surface area contributed by atoms with Crippen LogP contribution in [0.1, 0.15) is 24.5 Å². The molecule has 2 rings (SSSR count). The van der Waals surface area contributed by atoms with Gasteiger partial charge in [-0.15, -0.1) is 0 Å². The average molecular weight is 286 g/mol. The first-order chi connectivity index (χ1) is 9.88. The van der Waals surface area contributed by atoms with Gasteiger partial charge >= 0.3 is 0 Å². The van der Waals surface area contributed by atoms with Crippen molar-refractivity contribution in [1.82, 2.24) is 4.98 Å². The van der Waals surface area contributed by atoms with Crippen molar-refractivity contribution in [3.8, 4) is 0 Å². The van der Waals surface area contributed by atoms with Crippen molar-refractivity contribution in [2.75, 3.05) is 5.32 Å². The predicted molar refractivity (Wildman–Crippen MR) is 81.1 cm³/mol. The third kappa shape index (κ3) is 3.79. The molecule has 21 heavy (non-hydrogen) atoms. The Hall–Kier alpha value is -2.40. The predicted octanol–water partition coefficient (Wildman–Crippen LogP) is 1.92. The number of hydrogen-bond donors (Lipinski definition) is 3. The van der Waals surface area contributed by atoms with Crippen molar-refractivity contribution < 1.29 is 9.90 Å². The van der Waals surface area contributed by atoms with E-state index in [9.17, 15) is 14.7 Å². The zero-order chi connectivity index (χ0) is 15.5. The molecule has 0 fully saturated rings. The van der Waals surface area contributed by atoms with Gasteiger partial charge in [-0.1, -0.05) is 30.3 Å². The molecule has 5 nitrogen and oxygen atoms in total. The molecule has 0 aliphatic rings. The Morgan fingerprint density at radius 2 is 2.00 bits per heavy atom. The van der Waals surface area contributed by atoms with E-state index in [0.29, 0.717) is 16.8 Å². The van der Waals surface area contributed by atoms with Crippen LogP contribution >= 0.6 is 0 Å². The number of carbonyl (C=O) groups is 1. The maximum Gasteiger partial charge on any atom is 0.250 e. The number of aromatic amines is 1. The van der Waals surface area contributed by atoms with Gasteiger partial charge < -0.3 is 15.4 Å². The molecular weight excluding hydrogens is 268 g/mol. The normalized spacial score (nSPS) is 13.5. The van der Waals surface area contributed by atoms with Gasteiger partial charge in [0.25, 0.3) is 5.56 Å². The van der Waals surface area contributed by atoms with Gasteiger partial charge in [0.15, 0.2) is 0 Å². The maximum absolute atomic E-state index is 12.0. The fraction of sp³-hybridized carbons (Fsp3) is 0.250. The molecule has 1 atom stereocenters. The Kier molecular flexibility index (Phi) is 4.23. The number of H-pyrrole nitrogens is 1. The van der Waals surface area contributed by atoms with Crippen molar-refractivity contribution in [2.45, 2.75) is 25.9 Å². The van der Waals surface area contributed by atoms with Gasteiger partial charge in [-0.05, 0) is 25.5 Å². The van der Waals surface area contributed by atoms with Gasteiger partial charge in [0.05, 0.1) is 17.7 Å². The first-order valence-corrected chi connectivity index (χ1v) is 6.65. The van der Waals surface area contributed by atoms with Crippen LogP contribution in [0, 0.1) is 6.92 Å². The zero-order valence-electron chi connectivity index (χ0n) is 12.0. The zero-order valence-corrected chi connectivity index (χ0v) is 12.0. The molecule has 1 aromatic carbocycles. The summed E-state index contributed by atoms with van der Waals surface area (Å²) in [6.45, 7) is 3.26. The van der Waals surface area contributed by atoms with Crippen molar-refractivity contribution in [3.05, 3.63) is 64.1 Å². The number of rotatable bonds is 4. The Morgan fingerprint density at radius 1 is 1.33 bits per heavy atom. The standard InChI is InChI=1S/C16H18N2O3/c1-11-8-13(10-17-15(11)20)18-14(19)9-16(2,21)12-6-4-3-5-7-12/h3-8,10,21H,9H2,1-2H3,(H,17,20)(H,18,19). The minimum Gasteiger partial charge on any atom is -0.385 e. The Morgan fingerprint density at radius 3 is 2.62 bits per heavy atom. The smallest absolute Gasteiger partial charge is 0.250 e. The third-order valence-electron chi connectivity index (χ3n) is 3.27. The lowest BCUT2D eigenvalue weighted by atomic mass is 9.92. The van der Waals surface area contributed by atoms with Gasteiger partial charge in [0, 0.05) is 11.8 Å². The molecule has 0 saturated carbocycles. The summed E-state index contributed by atoms with van der Waals surface area (Å²) >= 11 is 0. The van der Waals surface area contributed by atoms with Crippen LogP contribution in [-0.2, 0) is 10.4 Å². The number of anilines is 1. The summed E-state index contributed by atoms with van der Waals surface area (Å²) in [5, 5.41) is 13.1. The molecule has 0 aliphatic carbocycles. The first-order valence-electron chi connectivity index (χ1n) is 6.65. The van der Waals surface area contributed by atoms with E-state index < -0.39 is 5.60 Å². The Balaban J connectivity index is 2.07. The monoisotopic (exact) mass is 286 g/mol. The molecule has 0 saturated heterocycles. The number of amides is 1. The van der Waals surface area contributed by atoms with E-state index in [1.807, 2.05) is 18.2 Å². The van der Waals surface area contributed by atoms with Gasteiger partial charge in [-0.2, -0.15) is 0 Å². The summed E-state index contributed by atoms with van der Waals surface area (Å²) in [4.78, 5) is 25.8. The highest BCUT2D eigenvalue weighted by Crippen LogP contribution is 2.24. The van der Waals surface area contributed by atoms with Gasteiger partial charge in [0.1, 0.15) is 0 Å². The molecule has 0 aliphatic heterocycles. The van der Waals surface area contributed by atoms with E-state index in [0.717, 1.165) is 0 Å². The van der Waals surface area contributed by atoms with Crippen LogP contribution in [0.3, 0.4) is 0 Å².